The summed E-state index contributed by atoms with van der Waals surface area (Å²) in [7, 11) is 0. The molecule has 1 amide bonds. The van der Waals surface area contributed by atoms with Crippen molar-refractivity contribution in [2.75, 3.05) is 5.32 Å². The number of alkyl halides is 2. The van der Waals surface area contributed by atoms with Gasteiger partial charge in [0.05, 0.1) is 5.56 Å². The van der Waals surface area contributed by atoms with Crippen LogP contribution in [0.15, 0.2) is 42.6 Å². The number of hydrogen-bond acceptors (Lipinski definition) is 3. The molecule has 2 rings (SSSR count). The molecule has 0 aliphatic carbocycles. The normalized spacial score (nSPS) is 10.4. The van der Waals surface area contributed by atoms with Crippen molar-refractivity contribution < 1.29 is 23.5 Å². The topological polar surface area (TPSA) is 79.3 Å². The summed E-state index contributed by atoms with van der Waals surface area (Å²) in [6.07, 6.45) is -1.52. The lowest BCUT2D eigenvalue weighted by molar-refractivity contribution is 0.0690. The van der Waals surface area contributed by atoms with Crippen molar-refractivity contribution in [2.45, 2.75) is 6.43 Å². The summed E-state index contributed by atoms with van der Waals surface area (Å²) >= 11 is 0. The van der Waals surface area contributed by atoms with Gasteiger partial charge in [0.1, 0.15) is 5.69 Å². The Morgan fingerprint density at radius 3 is 2.52 bits per heavy atom. The molecule has 0 bridgehead atoms. The second-order valence-electron chi connectivity index (χ2n) is 4.12. The lowest BCUT2D eigenvalue weighted by atomic mass is 10.2. The van der Waals surface area contributed by atoms with E-state index in [1.54, 1.807) is 0 Å². The third-order valence-electron chi connectivity index (χ3n) is 2.64. The first-order valence-electron chi connectivity index (χ1n) is 5.86. The predicted molar refractivity (Wildman–Crippen MR) is 70.5 cm³/mol. The quantitative estimate of drug-likeness (QED) is 0.908. The molecule has 2 aromatic rings. The van der Waals surface area contributed by atoms with Gasteiger partial charge in [0.25, 0.3) is 12.3 Å². The van der Waals surface area contributed by atoms with Crippen LogP contribution >= 0.6 is 0 Å². The number of pyridine rings is 1. The smallest absolute Gasteiger partial charge is 0.354 e. The number of halogens is 2. The summed E-state index contributed by atoms with van der Waals surface area (Å²) < 4.78 is 25.1. The number of carbonyl (C=O) groups excluding carboxylic acids is 1. The number of rotatable bonds is 4. The fourth-order valence-electron chi connectivity index (χ4n) is 1.61. The Balaban J connectivity index is 2.14. The van der Waals surface area contributed by atoms with Gasteiger partial charge in [-0.2, -0.15) is 0 Å². The zero-order valence-electron chi connectivity index (χ0n) is 10.6. The molecular weight excluding hydrogens is 282 g/mol. The van der Waals surface area contributed by atoms with Crippen LogP contribution in [0.2, 0.25) is 0 Å². The molecule has 2 N–H and O–H groups in total. The minimum atomic E-state index is -2.63. The summed E-state index contributed by atoms with van der Waals surface area (Å²) in [5.74, 6) is -1.77. The molecule has 1 heterocycles. The molecule has 0 aliphatic heterocycles. The Kier molecular flexibility index (Phi) is 4.22. The van der Waals surface area contributed by atoms with Crippen molar-refractivity contribution in [3.05, 3.63) is 59.4 Å². The van der Waals surface area contributed by atoms with Crippen molar-refractivity contribution in [1.82, 2.24) is 4.98 Å². The minimum absolute atomic E-state index is 0.127. The van der Waals surface area contributed by atoms with Crippen LogP contribution in [0, 0.1) is 0 Å². The van der Waals surface area contributed by atoms with E-state index in [4.69, 9.17) is 5.11 Å². The van der Waals surface area contributed by atoms with E-state index in [1.807, 2.05) is 0 Å². The molecule has 0 unspecified atom stereocenters. The van der Waals surface area contributed by atoms with E-state index in [1.165, 1.54) is 36.4 Å². The van der Waals surface area contributed by atoms with E-state index in [2.05, 4.69) is 10.3 Å². The summed E-state index contributed by atoms with van der Waals surface area (Å²) in [5.41, 5.74) is -0.0408. The number of carboxylic acids is 1. The van der Waals surface area contributed by atoms with Crippen LogP contribution in [0.5, 0.6) is 0 Å². The number of aromatic carboxylic acids is 1. The SMILES string of the molecule is O=C(Nc1cccc(C(F)F)c1)c1ccc(C(=O)O)nc1. The van der Waals surface area contributed by atoms with Crippen LogP contribution in [0.3, 0.4) is 0 Å². The van der Waals surface area contributed by atoms with Crippen LogP contribution in [-0.4, -0.2) is 22.0 Å². The van der Waals surface area contributed by atoms with Crippen LogP contribution in [0.1, 0.15) is 32.8 Å². The average Bonchev–Trinajstić information content (AvgIpc) is 2.47. The van der Waals surface area contributed by atoms with E-state index in [0.29, 0.717) is 0 Å². The highest BCUT2D eigenvalue weighted by Gasteiger charge is 2.11. The number of carboxylic acid groups (broad SMARTS) is 1. The maximum atomic E-state index is 12.5. The van der Waals surface area contributed by atoms with Gasteiger partial charge in [0, 0.05) is 17.4 Å². The number of benzene rings is 1. The Morgan fingerprint density at radius 2 is 1.95 bits per heavy atom. The summed E-state index contributed by atoms with van der Waals surface area (Å²) in [6.45, 7) is 0. The highest BCUT2D eigenvalue weighted by atomic mass is 19.3. The van der Waals surface area contributed by atoms with E-state index >= 15 is 0 Å². The fraction of sp³-hybridized carbons (Fsp3) is 0.0714. The summed E-state index contributed by atoms with van der Waals surface area (Å²) in [4.78, 5) is 26.1. The number of hydrogen-bond donors (Lipinski definition) is 2. The lowest BCUT2D eigenvalue weighted by Crippen LogP contribution is -2.13. The second-order valence-corrected chi connectivity index (χ2v) is 4.12. The van der Waals surface area contributed by atoms with Gasteiger partial charge in [-0.25, -0.2) is 18.6 Å². The molecule has 1 aromatic heterocycles. The van der Waals surface area contributed by atoms with Crippen LogP contribution < -0.4 is 5.32 Å². The molecule has 1 aromatic carbocycles. The molecule has 5 nitrogen and oxygen atoms in total. The zero-order valence-corrected chi connectivity index (χ0v) is 10.6. The maximum Gasteiger partial charge on any atom is 0.354 e. The Hall–Kier alpha value is -2.83. The van der Waals surface area contributed by atoms with Crippen LogP contribution in [0.25, 0.3) is 0 Å². The molecule has 0 spiro atoms. The molecule has 7 heteroatoms. The van der Waals surface area contributed by atoms with E-state index < -0.39 is 18.3 Å². The molecule has 0 saturated carbocycles. The number of nitrogens with one attached hydrogen (secondary N) is 1. The highest BCUT2D eigenvalue weighted by Crippen LogP contribution is 2.21. The van der Waals surface area contributed by atoms with Crippen LogP contribution in [0.4, 0.5) is 14.5 Å². The van der Waals surface area contributed by atoms with Gasteiger partial charge >= 0.3 is 5.97 Å². The Morgan fingerprint density at radius 1 is 1.19 bits per heavy atom. The monoisotopic (exact) mass is 292 g/mol. The van der Waals surface area contributed by atoms with Crippen molar-refractivity contribution in [2.24, 2.45) is 0 Å². The fourth-order valence-corrected chi connectivity index (χ4v) is 1.61. The van der Waals surface area contributed by atoms with Gasteiger partial charge in [0.15, 0.2) is 0 Å². The van der Waals surface area contributed by atoms with E-state index in [-0.39, 0.29) is 22.5 Å². The van der Waals surface area contributed by atoms with Crippen molar-refractivity contribution in [3.8, 4) is 0 Å². The maximum absolute atomic E-state index is 12.5. The first-order chi connectivity index (χ1) is 9.97. The lowest BCUT2D eigenvalue weighted by Gasteiger charge is -2.07. The summed E-state index contributed by atoms with van der Waals surface area (Å²) in [5, 5.41) is 11.1. The van der Waals surface area contributed by atoms with Crippen LogP contribution in [-0.2, 0) is 0 Å². The third-order valence-corrected chi connectivity index (χ3v) is 2.64. The van der Waals surface area contributed by atoms with Crippen molar-refractivity contribution in [3.63, 3.8) is 0 Å². The molecule has 0 fully saturated rings. The second kappa shape index (κ2) is 6.08. The largest absolute Gasteiger partial charge is 0.477 e. The number of amides is 1. The highest BCUT2D eigenvalue weighted by molar-refractivity contribution is 6.04. The van der Waals surface area contributed by atoms with Gasteiger partial charge < -0.3 is 10.4 Å². The Labute approximate surface area is 118 Å². The van der Waals surface area contributed by atoms with E-state index in [9.17, 15) is 18.4 Å². The average molecular weight is 292 g/mol. The van der Waals surface area contributed by atoms with Crippen molar-refractivity contribution >= 4 is 17.6 Å². The number of nitrogens with zero attached hydrogens (tertiary/aromatic N) is 1. The van der Waals surface area contributed by atoms with E-state index in [0.717, 1.165) is 6.20 Å². The number of anilines is 1. The first kappa shape index (κ1) is 14.6. The molecule has 0 saturated heterocycles. The van der Waals surface area contributed by atoms with Crippen molar-refractivity contribution in [1.29, 1.82) is 0 Å². The number of aromatic nitrogens is 1. The van der Waals surface area contributed by atoms with Gasteiger partial charge in [-0.05, 0) is 24.3 Å². The molecular formula is C14H10F2N2O3. The predicted octanol–water partition coefficient (Wildman–Crippen LogP) is 2.97. The third kappa shape index (κ3) is 3.59. The standard InChI is InChI=1S/C14H10F2N2O3/c15-12(16)8-2-1-3-10(6-8)18-13(19)9-4-5-11(14(20)21)17-7-9/h1-7,12H,(H,18,19)(H,20,21). The first-order valence-corrected chi connectivity index (χ1v) is 5.86. The molecule has 0 aliphatic rings. The van der Waals surface area contributed by atoms with Gasteiger partial charge in [-0.3, -0.25) is 4.79 Å². The summed E-state index contributed by atoms with van der Waals surface area (Å²) in [6, 6.07) is 7.78. The van der Waals surface area contributed by atoms with Gasteiger partial charge in [-0.15, -0.1) is 0 Å². The molecule has 0 radical (unpaired) electrons. The zero-order chi connectivity index (χ0) is 15.4. The molecule has 21 heavy (non-hydrogen) atoms. The Bertz CT molecular complexity index is 672. The van der Waals surface area contributed by atoms with Gasteiger partial charge in [-0.1, -0.05) is 12.1 Å². The minimum Gasteiger partial charge on any atom is -0.477 e. The molecule has 108 valence electrons. The van der Waals surface area contributed by atoms with Gasteiger partial charge in [0.2, 0.25) is 0 Å². The number of carbonyl (C=O) groups is 2. The molecule has 0 atom stereocenters.